The lowest BCUT2D eigenvalue weighted by molar-refractivity contribution is 0.172. The van der Waals surface area contributed by atoms with Gasteiger partial charge in [-0.05, 0) is 38.8 Å². The van der Waals surface area contributed by atoms with E-state index in [1.165, 1.54) is 24.3 Å². The molecular formula is C11H19N3S. The van der Waals surface area contributed by atoms with Crippen LogP contribution in [0.2, 0.25) is 0 Å². The van der Waals surface area contributed by atoms with Gasteiger partial charge in [0.25, 0.3) is 0 Å². The van der Waals surface area contributed by atoms with Crippen molar-refractivity contribution in [3.63, 3.8) is 0 Å². The molecular weight excluding hydrogens is 206 g/mol. The molecule has 2 N–H and O–H groups in total. The van der Waals surface area contributed by atoms with Crippen LogP contribution in [0.15, 0.2) is 6.20 Å². The van der Waals surface area contributed by atoms with E-state index in [1.54, 1.807) is 11.3 Å². The highest BCUT2D eigenvalue weighted by atomic mass is 32.1. The molecule has 2 heterocycles. The lowest BCUT2D eigenvalue weighted by Crippen LogP contribution is -2.37. The zero-order valence-electron chi connectivity index (χ0n) is 9.28. The average molecular weight is 225 g/mol. The van der Waals surface area contributed by atoms with Crippen LogP contribution in [-0.2, 0) is 6.54 Å². The van der Waals surface area contributed by atoms with Crippen LogP contribution in [0.1, 0.15) is 22.7 Å². The van der Waals surface area contributed by atoms with Crippen molar-refractivity contribution >= 4 is 11.3 Å². The van der Waals surface area contributed by atoms with Crippen LogP contribution < -0.4 is 5.73 Å². The smallest absolute Gasteiger partial charge is 0.0897 e. The Kier molecular flexibility index (Phi) is 3.72. The number of aryl methyl sites for hydroxylation is 1. The summed E-state index contributed by atoms with van der Waals surface area (Å²) in [6, 6.07) is 0. The van der Waals surface area contributed by atoms with Gasteiger partial charge in [0.2, 0.25) is 0 Å². The molecule has 0 spiro atoms. The van der Waals surface area contributed by atoms with Gasteiger partial charge in [0.05, 0.1) is 5.01 Å². The summed E-state index contributed by atoms with van der Waals surface area (Å²) in [5, 5.41) is 1.16. The number of hydrogen-bond acceptors (Lipinski definition) is 4. The van der Waals surface area contributed by atoms with Crippen LogP contribution >= 0.6 is 11.3 Å². The van der Waals surface area contributed by atoms with Crippen molar-refractivity contribution < 1.29 is 0 Å². The van der Waals surface area contributed by atoms with Crippen LogP contribution in [0.25, 0.3) is 0 Å². The number of nitrogens with zero attached hydrogens (tertiary/aromatic N) is 2. The summed E-state index contributed by atoms with van der Waals surface area (Å²) in [6.45, 7) is 6.33. The fourth-order valence-electron chi connectivity index (χ4n) is 2.19. The third kappa shape index (κ3) is 3.00. The number of likely N-dealkylation sites (tertiary alicyclic amines) is 1. The number of nitrogens with two attached hydrogens (primary N) is 1. The minimum Gasteiger partial charge on any atom is -0.330 e. The van der Waals surface area contributed by atoms with Crippen LogP contribution in [0, 0.1) is 12.8 Å². The van der Waals surface area contributed by atoms with Gasteiger partial charge in [0.1, 0.15) is 0 Å². The molecule has 0 aromatic carbocycles. The van der Waals surface area contributed by atoms with Crippen molar-refractivity contribution in [3.8, 4) is 0 Å². The molecule has 1 fully saturated rings. The molecule has 3 nitrogen and oxygen atoms in total. The predicted molar refractivity (Wildman–Crippen MR) is 63.9 cm³/mol. The standard InChI is InChI=1S/C11H19N3S/c1-9-13-6-11(15-9)8-14-4-2-3-10(5-12)7-14/h6,10H,2-5,7-8,12H2,1H3. The molecule has 0 aliphatic carbocycles. The normalized spacial score (nSPS) is 23.2. The largest absolute Gasteiger partial charge is 0.330 e. The average Bonchev–Trinajstić information content (AvgIpc) is 2.64. The van der Waals surface area contributed by atoms with E-state index in [-0.39, 0.29) is 0 Å². The van der Waals surface area contributed by atoms with Crippen molar-refractivity contribution in [2.45, 2.75) is 26.3 Å². The van der Waals surface area contributed by atoms with Crippen LogP contribution in [0.4, 0.5) is 0 Å². The third-order valence-electron chi connectivity index (χ3n) is 2.99. The monoisotopic (exact) mass is 225 g/mol. The van der Waals surface area contributed by atoms with Gasteiger partial charge in [-0.3, -0.25) is 4.90 Å². The Morgan fingerprint density at radius 2 is 2.53 bits per heavy atom. The van der Waals surface area contributed by atoms with E-state index >= 15 is 0 Å². The van der Waals surface area contributed by atoms with Crippen molar-refractivity contribution in [2.24, 2.45) is 11.7 Å². The van der Waals surface area contributed by atoms with Gasteiger partial charge >= 0.3 is 0 Å². The minimum atomic E-state index is 0.702. The summed E-state index contributed by atoms with van der Waals surface area (Å²) in [7, 11) is 0. The predicted octanol–water partition coefficient (Wildman–Crippen LogP) is 1.62. The molecule has 1 aliphatic rings. The first kappa shape index (κ1) is 11.0. The molecule has 15 heavy (non-hydrogen) atoms. The van der Waals surface area contributed by atoms with Gasteiger partial charge < -0.3 is 5.73 Å². The van der Waals surface area contributed by atoms with E-state index in [9.17, 15) is 0 Å². The first-order valence-electron chi connectivity index (χ1n) is 5.61. The molecule has 1 unspecified atom stereocenters. The number of piperidine rings is 1. The quantitative estimate of drug-likeness (QED) is 0.850. The van der Waals surface area contributed by atoms with Crippen molar-refractivity contribution in [1.29, 1.82) is 0 Å². The van der Waals surface area contributed by atoms with Crippen LogP contribution in [0.5, 0.6) is 0 Å². The van der Waals surface area contributed by atoms with Crippen molar-refractivity contribution in [3.05, 3.63) is 16.1 Å². The molecule has 1 atom stereocenters. The van der Waals surface area contributed by atoms with E-state index in [2.05, 4.69) is 16.8 Å². The van der Waals surface area contributed by atoms with Gasteiger partial charge in [0.15, 0.2) is 0 Å². The van der Waals surface area contributed by atoms with E-state index in [0.717, 1.165) is 24.6 Å². The zero-order chi connectivity index (χ0) is 10.7. The molecule has 2 rings (SSSR count). The lowest BCUT2D eigenvalue weighted by atomic mass is 9.98. The summed E-state index contributed by atoms with van der Waals surface area (Å²) in [4.78, 5) is 8.18. The van der Waals surface area contributed by atoms with E-state index in [0.29, 0.717) is 5.92 Å². The van der Waals surface area contributed by atoms with E-state index < -0.39 is 0 Å². The molecule has 0 saturated carbocycles. The molecule has 0 amide bonds. The summed E-state index contributed by atoms with van der Waals surface area (Å²) in [6.07, 6.45) is 4.60. The first-order valence-corrected chi connectivity index (χ1v) is 6.43. The maximum absolute atomic E-state index is 5.73. The Morgan fingerprint density at radius 1 is 1.67 bits per heavy atom. The fourth-order valence-corrected chi connectivity index (χ4v) is 3.02. The molecule has 0 radical (unpaired) electrons. The van der Waals surface area contributed by atoms with E-state index in [4.69, 9.17) is 5.73 Å². The molecule has 0 bridgehead atoms. The van der Waals surface area contributed by atoms with E-state index in [1.807, 2.05) is 6.20 Å². The summed E-state index contributed by atoms with van der Waals surface area (Å²) in [5.74, 6) is 0.702. The first-order chi connectivity index (χ1) is 7.28. The van der Waals surface area contributed by atoms with Crippen molar-refractivity contribution in [2.75, 3.05) is 19.6 Å². The Morgan fingerprint density at radius 3 is 3.20 bits per heavy atom. The number of rotatable bonds is 3. The highest BCUT2D eigenvalue weighted by Crippen LogP contribution is 2.20. The number of thiazole rings is 1. The van der Waals surface area contributed by atoms with Gasteiger partial charge in [-0.25, -0.2) is 4.98 Å². The highest BCUT2D eigenvalue weighted by Gasteiger charge is 2.18. The Balaban J connectivity index is 1.88. The summed E-state index contributed by atoms with van der Waals surface area (Å²) < 4.78 is 0. The van der Waals surface area contributed by atoms with Crippen LogP contribution in [-0.4, -0.2) is 29.5 Å². The fraction of sp³-hybridized carbons (Fsp3) is 0.727. The molecule has 1 aromatic heterocycles. The second kappa shape index (κ2) is 5.05. The zero-order valence-corrected chi connectivity index (χ0v) is 10.1. The molecule has 1 saturated heterocycles. The second-order valence-electron chi connectivity index (χ2n) is 4.32. The van der Waals surface area contributed by atoms with Crippen molar-refractivity contribution in [1.82, 2.24) is 9.88 Å². The summed E-state index contributed by atoms with van der Waals surface area (Å²) >= 11 is 1.81. The number of hydrogen-bond donors (Lipinski definition) is 1. The molecule has 1 aliphatic heterocycles. The molecule has 1 aromatic rings. The third-order valence-corrected chi connectivity index (χ3v) is 3.88. The Hall–Kier alpha value is -0.450. The highest BCUT2D eigenvalue weighted by molar-refractivity contribution is 7.11. The molecule has 4 heteroatoms. The van der Waals surface area contributed by atoms with Gasteiger partial charge in [-0.2, -0.15) is 0 Å². The topological polar surface area (TPSA) is 42.2 Å². The van der Waals surface area contributed by atoms with Gasteiger partial charge in [-0.1, -0.05) is 0 Å². The number of aromatic nitrogens is 1. The molecule has 84 valence electrons. The minimum absolute atomic E-state index is 0.702. The Bertz CT molecular complexity index is 311. The lowest BCUT2D eigenvalue weighted by Gasteiger charge is -2.31. The maximum Gasteiger partial charge on any atom is 0.0897 e. The van der Waals surface area contributed by atoms with Gasteiger partial charge in [0, 0.05) is 24.2 Å². The van der Waals surface area contributed by atoms with Crippen LogP contribution in [0.3, 0.4) is 0 Å². The second-order valence-corrected chi connectivity index (χ2v) is 5.64. The Labute approximate surface area is 95.3 Å². The van der Waals surface area contributed by atoms with Gasteiger partial charge in [-0.15, -0.1) is 11.3 Å². The maximum atomic E-state index is 5.73. The SMILES string of the molecule is Cc1ncc(CN2CCCC(CN)C2)s1. The summed E-state index contributed by atoms with van der Waals surface area (Å²) in [5.41, 5.74) is 5.73.